The number of ether oxygens (including phenoxy) is 1. The fourth-order valence-corrected chi connectivity index (χ4v) is 3.87. The van der Waals surface area contributed by atoms with Crippen molar-refractivity contribution >= 4 is 35.2 Å². The molecule has 1 atom stereocenters. The van der Waals surface area contributed by atoms with Crippen LogP contribution >= 0.6 is 23.4 Å². The summed E-state index contributed by atoms with van der Waals surface area (Å²) in [4.78, 5) is 31.9. The number of methoxy groups -OCH3 is 1. The lowest BCUT2D eigenvalue weighted by atomic mass is 10.1. The first-order valence-electron chi connectivity index (χ1n) is 9.58. The van der Waals surface area contributed by atoms with Crippen molar-refractivity contribution in [1.29, 1.82) is 0 Å². The molecule has 2 aromatic rings. The number of carbonyl (C=O) groups excluding carboxylic acids is 2. The summed E-state index contributed by atoms with van der Waals surface area (Å²) in [6.07, 6.45) is 4.22. The SMILES string of the molecule is COc1c(C)cnc(CN(C)C(=O)C(CCSC)NC(=O)c2ccccc2Cl)c1C. The maximum atomic E-state index is 13.1. The largest absolute Gasteiger partial charge is 0.496 e. The van der Waals surface area contributed by atoms with Gasteiger partial charge >= 0.3 is 0 Å². The number of aromatic nitrogens is 1. The van der Waals surface area contributed by atoms with Crippen LogP contribution < -0.4 is 10.1 Å². The third kappa shape index (κ3) is 5.89. The Morgan fingerprint density at radius 2 is 2.00 bits per heavy atom. The number of amides is 2. The lowest BCUT2D eigenvalue weighted by Gasteiger charge is -2.25. The number of likely N-dealkylation sites (N-methyl/N-ethyl adjacent to an activating group) is 1. The topological polar surface area (TPSA) is 71.5 Å². The van der Waals surface area contributed by atoms with E-state index in [0.717, 1.165) is 28.3 Å². The van der Waals surface area contributed by atoms with Gasteiger partial charge in [0.25, 0.3) is 5.91 Å². The molecule has 0 bridgehead atoms. The number of hydrogen-bond acceptors (Lipinski definition) is 5. The van der Waals surface area contributed by atoms with Crippen molar-refractivity contribution < 1.29 is 14.3 Å². The van der Waals surface area contributed by atoms with Crippen LogP contribution in [0.3, 0.4) is 0 Å². The van der Waals surface area contributed by atoms with E-state index in [2.05, 4.69) is 10.3 Å². The average Bonchev–Trinajstić information content (AvgIpc) is 2.73. The van der Waals surface area contributed by atoms with Crippen LogP contribution in [0.25, 0.3) is 0 Å². The molecule has 0 spiro atoms. The molecule has 2 rings (SSSR count). The van der Waals surface area contributed by atoms with E-state index in [1.165, 1.54) is 0 Å². The van der Waals surface area contributed by atoms with E-state index in [1.807, 2.05) is 20.1 Å². The summed E-state index contributed by atoms with van der Waals surface area (Å²) >= 11 is 7.76. The summed E-state index contributed by atoms with van der Waals surface area (Å²) in [5.41, 5.74) is 2.95. The smallest absolute Gasteiger partial charge is 0.253 e. The second-order valence-electron chi connectivity index (χ2n) is 7.03. The van der Waals surface area contributed by atoms with Crippen molar-refractivity contribution in [3.63, 3.8) is 0 Å². The predicted molar refractivity (Wildman–Crippen MR) is 122 cm³/mol. The fourth-order valence-electron chi connectivity index (χ4n) is 3.17. The minimum absolute atomic E-state index is 0.176. The number of hydrogen-bond donors (Lipinski definition) is 1. The molecule has 2 amide bonds. The van der Waals surface area contributed by atoms with Gasteiger partial charge < -0.3 is 15.0 Å². The molecule has 0 aliphatic rings. The van der Waals surface area contributed by atoms with E-state index >= 15 is 0 Å². The summed E-state index contributed by atoms with van der Waals surface area (Å²) in [5, 5.41) is 3.20. The molecule has 1 aromatic carbocycles. The Labute approximate surface area is 187 Å². The Balaban J connectivity index is 2.18. The zero-order chi connectivity index (χ0) is 22.3. The molecule has 8 heteroatoms. The van der Waals surface area contributed by atoms with Crippen molar-refractivity contribution in [2.75, 3.05) is 26.2 Å². The second-order valence-corrected chi connectivity index (χ2v) is 8.42. The molecular formula is C22H28ClN3O3S. The van der Waals surface area contributed by atoms with E-state index in [9.17, 15) is 9.59 Å². The van der Waals surface area contributed by atoms with Gasteiger partial charge in [-0.2, -0.15) is 11.8 Å². The number of nitrogens with zero attached hydrogens (tertiary/aromatic N) is 2. The summed E-state index contributed by atoms with van der Waals surface area (Å²) in [5.74, 6) is 0.972. The van der Waals surface area contributed by atoms with Gasteiger partial charge in [0.1, 0.15) is 11.8 Å². The molecule has 162 valence electrons. The third-order valence-corrected chi connectivity index (χ3v) is 5.82. The molecule has 30 heavy (non-hydrogen) atoms. The van der Waals surface area contributed by atoms with Gasteiger partial charge in [-0.15, -0.1) is 0 Å². The average molecular weight is 450 g/mol. The van der Waals surface area contributed by atoms with E-state index in [0.29, 0.717) is 23.6 Å². The lowest BCUT2D eigenvalue weighted by Crippen LogP contribution is -2.47. The van der Waals surface area contributed by atoms with Gasteiger partial charge in [-0.25, -0.2) is 0 Å². The fraction of sp³-hybridized carbons (Fsp3) is 0.409. The van der Waals surface area contributed by atoms with Gasteiger partial charge in [0.2, 0.25) is 5.91 Å². The Morgan fingerprint density at radius 3 is 2.63 bits per heavy atom. The van der Waals surface area contributed by atoms with Crippen molar-refractivity contribution in [2.45, 2.75) is 32.9 Å². The summed E-state index contributed by atoms with van der Waals surface area (Å²) in [6.45, 7) is 4.18. The molecule has 0 fully saturated rings. The normalized spacial score (nSPS) is 11.7. The highest BCUT2D eigenvalue weighted by atomic mass is 35.5. The van der Waals surface area contributed by atoms with E-state index in [4.69, 9.17) is 16.3 Å². The zero-order valence-corrected chi connectivity index (χ0v) is 19.6. The van der Waals surface area contributed by atoms with Crippen LogP contribution in [0, 0.1) is 13.8 Å². The van der Waals surface area contributed by atoms with Crippen LogP contribution in [0.2, 0.25) is 5.02 Å². The zero-order valence-electron chi connectivity index (χ0n) is 18.0. The Bertz CT molecular complexity index is 907. The number of nitrogens with one attached hydrogen (secondary N) is 1. The van der Waals surface area contributed by atoms with E-state index in [-0.39, 0.29) is 11.8 Å². The van der Waals surface area contributed by atoms with Gasteiger partial charge in [-0.05, 0) is 44.4 Å². The highest BCUT2D eigenvalue weighted by molar-refractivity contribution is 7.98. The predicted octanol–water partition coefficient (Wildman–Crippen LogP) is 3.87. The molecule has 1 aromatic heterocycles. The molecule has 1 heterocycles. The monoisotopic (exact) mass is 449 g/mol. The van der Waals surface area contributed by atoms with Crippen LogP contribution in [0.4, 0.5) is 0 Å². The van der Waals surface area contributed by atoms with E-state index in [1.54, 1.807) is 61.3 Å². The van der Waals surface area contributed by atoms with Gasteiger partial charge in [0.15, 0.2) is 0 Å². The highest BCUT2D eigenvalue weighted by Crippen LogP contribution is 2.25. The first-order chi connectivity index (χ1) is 14.3. The molecule has 0 radical (unpaired) electrons. The number of aryl methyl sites for hydroxylation is 1. The van der Waals surface area contributed by atoms with Crippen LogP contribution in [-0.4, -0.2) is 53.9 Å². The summed E-state index contributed by atoms with van der Waals surface area (Å²) in [7, 11) is 3.33. The lowest BCUT2D eigenvalue weighted by molar-refractivity contribution is -0.132. The van der Waals surface area contributed by atoms with Crippen LogP contribution in [-0.2, 0) is 11.3 Å². The maximum Gasteiger partial charge on any atom is 0.253 e. The Kier molecular flexibility index (Phi) is 8.99. The second kappa shape index (κ2) is 11.2. The number of rotatable bonds is 9. The minimum Gasteiger partial charge on any atom is -0.496 e. The summed E-state index contributed by atoms with van der Waals surface area (Å²) in [6, 6.07) is 6.14. The number of pyridine rings is 1. The Morgan fingerprint density at radius 1 is 1.30 bits per heavy atom. The maximum absolute atomic E-state index is 13.1. The number of carbonyl (C=O) groups is 2. The van der Waals surface area contributed by atoms with Crippen molar-refractivity contribution in [1.82, 2.24) is 15.2 Å². The molecule has 1 unspecified atom stereocenters. The van der Waals surface area contributed by atoms with Crippen LogP contribution in [0.5, 0.6) is 5.75 Å². The molecular weight excluding hydrogens is 422 g/mol. The van der Waals surface area contributed by atoms with Gasteiger partial charge in [0.05, 0.1) is 29.9 Å². The van der Waals surface area contributed by atoms with Crippen molar-refractivity contribution in [3.8, 4) is 5.75 Å². The molecule has 6 nitrogen and oxygen atoms in total. The minimum atomic E-state index is -0.654. The van der Waals surface area contributed by atoms with Crippen LogP contribution in [0.15, 0.2) is 30.5 Å². The van der Waals surface area contributed by atoms with Crippen molar-refractivity contribution in [3.05, 3.63) is 57.9 Å². The standard InChI is InChI=1S/C22H28ClN3O3S/c1-14-12-24-19(15(2)20(14)29-4)13-26(3)22(28)18(10-11-30-5)25-21(27)16-8-6-7-9-17(16)23/h6-9,12,18H,10-11,13H2,1-5H3,(H,25,27). The molecule has 1 N–H and O–H groups in total. The van der Waals surface area contributed by atoms with Gasteiger partial charge in [-0.1, -0.05) is 23.7 Å². The number of benzene rings is 1. The third-order valence-electron chi connectivity index (χ3n) is 4.85. The number of thioether (sulfide) groups is 1. The highest BCUT2D eigenvalue weighted by Gasteiger charge is 2.26. The molecule has 0 aliphatic heterocycles. The van der Waals surface area contributed by atoms with E-state index < -0.39 is 6.04 Å². The molecule has 0 saturated carbocycles. The summed E-state index contributed by atoms with van der Waals surface area (Å²) < 4.78 is 5.46. The molecule has 0 aliphatic carbocycles. The van der Waals surface area contributed by atoms with Gasteiger partial charge in [0, 0.05) is 24.4 Å². The molecule has 0 saturated heterocycles. The first kappa shape index (κ1) is 24.0. The van der Waals surface area contributed by atoms with Crippen molar-refractivity contribution in [2.24, 2.45) is 0 Å². The quantitative estimate of drug-likeness (QED) is 0.629. The first-order valence-corrected chi connectivity index (χ1v) is 11.4. The number of halogens is 1. The Hall–Kier alpha value is -2.25. The van der Waals surface area contributed by atoms with Gasteiger partial charge in [-0.3, -0.25) is 14.6 Å². The van der Waals surface area contributed by atoms with Crippen LogP contribution in [0.1, 0.15) is 33.6 Å².